The van der Waals surface area contributed by atoms with Gasteiger partial charge in [0.2, 0.25) is 0 Å². The number of hydrogen-bond acceptors (Lipinski definition) is 3. The van der Waals surface area contributed by atoms with Crippen molar-refractivity contribution in [1.29, 1.82) is 0 Å². The maximum Gasteiger partial charge on any atom is 0.175 e. The summed E-state index contributed by atoms with van der Waals surface area (Å²) in [7, 11) is -3.16. The van der Waals surface area contributed by atoms with E-state index < -0.39 is 9.84 Å². The zero-order valence-electron chi connectivity index (χ0n) is 8.15. The van der Waals surface area contributed by atoms with Crippen LogP contribution >= 0.6 is 0 Å². The molecule has 1 heterocycles. The number of epoxide rings is 1. The quantitative estimate of drug-likeness (QED) is 0.695. The van der Waals surface area contributed by atoms with E-state index in [1.54, 1.807) is 12.1 Å². The lowest BCUT2D eigenvalue weighted by Gasteiger charge is -2.10. The summed E-state index contributed by atoms with van der Waals surface area (Å²) in [6.07, 6.45) is 1.22. The van der Waals surface area contributed by atoms with Crippen LogP contribution in [-0.4, -0.2) is 21.3 Å². The molecular weight excluding hydrogens is 200 g/mol. The molecule has 1 aromatic carbocycles. The molecule has 3 nitrogen and oxygen atoms in total. The lowest BCUT2D eigenvalue weighted by Crippen LogP contribution is -2.10. The fraction of sp³-hybridized carbons (Fsp3) is 0.400. The zero-order valence-corrected chi connectivity index (χ0v) is 8.97. The number of ether oxygens (including phenoxy) is 1. The highest BCUT2D eigenvalue weighted by Gasteiger charge is 2.43. The van der Waals surface area contributed by atoms with Crippen LogP contribution in [0.4, 0.5) is 0 Å². The standard InChI is InChI=1S/C10H12O3S/c1-10(7-13-10)8-5-3-4-6-9(8)14(2,11)12/h3-6H,7H2,1-2H3. The number of rotatable bonds is 2. The van der Waals surface area contributed by atoms with Gasteiger partial charge in [-0.1, -0.05) is 18.2 Å². The van der Waals surface area contributed by atoms with Gasteiger partial charge >= 0.3 is 0 Å². The van der Waals surface area contributed by atoms with Gasteiger partial charge in [0, 0.05) is 11.8 Å². The van der Waals surface area contributed by atoms with Gasteiger partial charge in [0.05, 0.1) is 11.5 Å². The highest BCUT2D eigenvalue weighted by atomic mass is 32.2. The monoisotopic (exact) mass is 212 g/mol. The Hall–Kier alpha value is -0.870. The van der Waals surface area contributed by atoms with Crippen molar-refractivity contribution in [3.8, 4) is 0 Å². The van der Waals surface area contributed by atoms with Gasteiger partial charge in [-0.05, 0) is 13.0 Å². The van der Waals surface area contributed by atoms with Gasteiger partial charge in [-0.15, -0.1) is 0 Å². The Balaban J connectivity index is 2.61. The Labute approximate surface area is 83.6 Å². The van der Waals surface area contributed by atoms with Crippen molar-refractivity contribution in [3.05, 3.63) is 29.8 Å². The molecule has 1 fully saturated rings. The Morgan fingerprint density at radius 1 is 1.36 bits per heavy atom. The van der Waals surface area contributed by atoms with Crippen LogP contribution in [-0.2, 0) is 20.2 Å². The molecule has 1 atom stereocenters. The van der Waals surface area contributed by atoms with Crippen LogP contribution in [0.15, 0.2) is 29.2 Å². The molecule has 0 radical (unpaired) electrons. The molecule has 0 spiro atoms. The van der Waals surface area contributed by atoms with E-state index in [-0.39, 0.29) is 5.60 Å². The molecule has 0 amide bonds. The van der Waals surface area contributed by atoms with E-state index in [1.807, 2.05) is 19.1 Å². The highest BCUT2D eigenvalue weighted by molar-refractivity contribution is 7.90. The summed E-state index contributed by atoms with van der Waals surface area (Å²) < 4.78 is 28.2. The van der Waals surface area contributed by atoms with Crippen molar-refractivity contribution < 1.29 is 13.2 Å². The molecule has 0 bridgehead atoms. The van der Waals surface area contributed by atoms with Crippen molar-refractivity contribution >= 4 is 9.84 Å². The summed E-state index contributed by atoms with van der Waals surface area (Å²) in [5, 5.41) is 0. The summed E-state index contributed by atoms with van der Waals surface area (Å²) in [4.78, 5) is 0.375. The average molecular weight is 212 g/mol. The SMILES string of the molecule is CC1(c2ccccc2S(C)(=O)=O)CO1. The summed E-state index contributed by atoms with van der Waals surface area (Å²) in [6, 6.07) is 6.99. The first-order valence-electron chi connectivity index (χ1n) is 4.37. The van der Waals surface area contributed by atoms with Gasteiger partial charge in [-0.3, -0.25) is 0 Å². The Bertz CT molecular complexity index is 458. The van der Waals surface area contributed by atoms with Crippen LogP contribution in [0.25, 0.3) is 0 Å². The van der Waals surface area contributed by atoms with Crippen LogP contribution in [0.5, 0.6) is 0 Å². The first-order valence-corrected chi connectivity index (χ1v) is 6.26. The van der Waals surface area contributed by atoms with Crippen molar-refractivity contribution in [2.75, 3.05) is 12.9 Å². The molecule has 14 heavy (non-hydrogen) atoms. The predicted molar refractivity (Wildman–Crippen MR) is 52.9 cm³/mol. The van der Waals surface area contributed by atoms with E-state index in [2.05, 4.69) is 0 Å². The Kier molecular flexibility index (Phi) is 1.94. The molecule has 2 rings (SSSR count). The summed E-state index contributed by atoms with van der Waals surface area (Å²) in [6.45, 7) is 2.50. The summed E-state index contributed by atoms with van der Waals surface area (Å²) in [5.74, 6) is 0. The molecule has 4 heteroatoms. The minimum Gasteiger partial charge on any atom is -0.365 e. The largest absolute Gasteiger partial charge is 0.365 e. The molecule has 76 valence electrons. The third-order valence-electron chi connectivity index (χ3n) is 2.43. The number of sulfone groups is 1. The number of hydrogen-bond donors (Lipinski definition) is 0. The van der Waals surface area contributed by atoms with E-state index in [1.165, 1.54) is 6.26 Å². The molecule has 0 aromatic heterocycles. The third kappa shape index (κ3) is 1.55. The highest BCUT2D eigenvalue weighted by Crippen LogP contribution is 2.40. The fourth-order valence-electron chi connectivity index (χ4n) is 1.49. The van der Waals surface area contributed by atoms with Crippen molar-refractivity contribution in [1.82, 2.24) is 0 Å². The molecule has 1 aromatic rings. The van der Waals surface area contributed by atoms with E-state index in [0.717, 1.165) is 5.56 Å². The van der Waals surface area contributed by atoms with Gasteiger partial charge in [-0.2, -0.15) is 0 Å². The van der Waals surface area contributed by atoms with Crippen LogP contribution in [0.3, 0.4) is 0 Å². The smallest absolute Gasteiger partial charge is 0.175 e. The molecule has 0 saturated carbocycles. The van der Waals surface area contributed by atoms with E-state index in [0.29, 0.717) is 11.5 Å². The lowest BCUT2D eigenvalue weighted by atomic mass is 10.0. The topological polar surface area (TPSA) is 46.7 Å². The first kappa shape index (κ1) is 9.68. The van der Waals surface area contributed by atoms with Crippen molar-refractivity contribution in [2.45, 2.75) is 17.4 Å². The second kappa shape index (κ2) is 2.81. The van der Waals surface area contributed by atoms with Gasteiger partial charge in [0.15, 0.2) is 9.84 Å². The summed E-state index contributed by atoms with van der Waals surface area (Å²) >= 11 is 0. The Morgan fingerprint density at radius 2 is 1.93 bits per heavy atom. The second-order valence-corrected chi connectivity index (χ2v) is 5.77. The van der Waals surface area contributed by atoms with E-state index in [4.69, 9.17) is 4.74 Å². The van der Waals surface area contributed by atoms with Crippen LogP contribution in [0.2, 0.25) is 0 Å². The van der Waals surface area contributed by atoms with Crippen LogP contribution < -0.4 is 0 Å². The minimum absolute atomic E-state index is 0.375. The predicted octanol–water partition coefficient (Wildman–Crippen LogP) is 1.34. The molecule has 1 aliphatic heterocycles. The number of benzene rings is 1. The molecular formula is C10H12O3S. The average Bonchev–Trinajstić information content (AvgIpc) is 2.84. The maximum absolute atomic E-state index is 11.5. The summed E-state index contributed by atoms with van der Waals surface area (Å²) in [5.41, 5.74) is 0.377. The molecule has 0 aliphatic carbocycles. The van der Waals surface area contributed by atoms with E-state index in [9.17, 15) is 8.42 Å². The molecule has 1 aliphatic rings. The van der Waals surface area contributed by atoms with Gasteiger partial charge in [-0.25, -0.2) is 8.42 Å². The first-order chi connectivity index (χ1) is 6.43. The maximum atomic E-state index is 11.5. The third-order valence-corrected chi connectivity index (χ3v) is 3.59. The normalized spacial score (nSPS) is 26.1. The van der Waals surface area contributed by atoms with Gasteiger partial charge < -0.3 is 4.74 Å². The Morgan fingerprint density at radius 3 is 2.43 bits per heavy atom. The molecule has 1 unspecified atom stereocenters. The fourth-order valence-corrected chi connectivity index (χ4v) is 2.50. The van der Waals surface area contributed by atoms with Crippen molar-refractivity contribution in [3.63, 3.8) is 0 Å². The second-order valence-electron chi connectivity index (χ2n) is 3.79. The van der Waals surface area contributed by atoms with Crippen LogP contribution in [0.1, 0.15) is 12.5 Å². The van der Waals surface area contributed by atoms with Gasteiger partial charge in [0.25, 0.3) is 0 Å². The van der Waals surface area contributed by atoms with Crippen molar-refractivity contribution in [2.24, 2.45) is 0 Å². The molecule has 0 N–H and O–H groups in total. The minimum atomic E-state index is -3.16. The lowest BCUT2D eigenvalue weighted by molar-refractivity contribution is 0.325. The zero-order chi connectivity index (χ0) is 10.4. The van der Waals surface area contributed by atoms with Crippen LogP contribution in [0, 0.1) is 0 Å². The van der Waals surface area contributed by atoms with E-state index >= 15 is 0 Å². The molecule has 1 saturated heterocycles. The van der Waals surface area contributed by atoms with Gasteiger partial charge in [0.1, 0.15) is 5.60 Å².